The number of rotatable bonds is 10. The van der Waals surface area contributed by atoms with Crippen LogP contribution in [0.1, 0.15) is 10.4 Å². The van der Waals surface area contributed by atoms with Gasteiger partial charge in [0.2, 0.25) is 0 Å². The summed E-state index contributed by atoms with van der Waals surface area (Å²) in [7, 11) is -8.41. The lowest BCUT2D eigenvalue weighted by molar-refractivity contribution is -0.255. The summed E-state index contributed by atoms with van der Waals surface area (Å²) < 4.78 is 31.3. The molecule has 0 aliphatic carbocycles. The number of carbonyl (C=O) groups is 1. The molecule has 0 N–H and O–H groups in total. The minimum Gasteiger partial charge on any atom is -0.744 e. The Hall–Kier alpha value is -6.78. The first kappa shape index (κ1) is 44.3. The molecular weight excluding hydrogens is 835 g/mol. The molecule has 0 fully saturated rings. The largest absolute Gasteiger partial charge is 0.744 e. The predicted octanol–water partition coefficient (Wildman–Crippen LogP) is 7.57. The summed E-state index contributed by atoms with van der Waals surface area (Å²) in [4.78, 5) is 9.70. The third-order valence-corrected chi connectivity index (χ3v) is 19.9. The number of hydrogen-bond donors (Lipinski definition) is 0. The van der Waals surface area contributed by atoms with Gasteiger partial charge in [-0.15, -0.1) is 0 Å². The van der Waals surface area contributed by atoms with E-state index in [0.717, 1.165) is 24.3 Å². The fourth-order valence-electron chi connectivity index (χ4n) is 7.78. The van der Waals surface area contributed by atoms with Crippen molar-refractivity contribution in [3.05, 3.63) is 272 Å². The van der Waals surface area contributed by atoms with Gasteiger partial charge in [-0.1, -0.05) is 158 Å². The maximum Gasteiger partial charge on any atom is 0.144 e. The van der Waals surface area contributed by atoms with Crippen LogP contribution in [0, 0.1) is 0 Å². The van der Waals surface area contributed by atoms with Gasteiger partial charge in [0.1, 0.15) is 67.1 Å². The van der Waals surface area contributed by atoms with Gasteiger partial charge in [-0.2, -0.15) is 0 Å². The van der Waals surface area contributed by atoms with Crippen LogP contribution in [-0.2, 0) is 10.1 Å². The van der Waals surface area contributed by atoms with Crippen molar-refractivity contribution in [2.45, 2.75) is 4.90 Å². The van der Waals surface area contributed by atoms with Crippen LogP contribution in [0.3, 0.4) is 0 Å². The third-order valence-electron chi connectivity index (χ3n) is 10.5. The van der Waals surface area contributed by atoms with Crippen molar-refractivity contribution in [2.75, 3.05) is 0 Å². The topological polar surface area (TPSA) is 97.3 Å². The molecule has 0 saturated carbocycles. The average molecular weight is 879 g/mol. The van der Waals surface area contributed by atoms with E-state index < -0.39 is 35.5 Å². The Labute approximate surface area is 371 Å². The van der Waals surface area contributed by atoms with E-state index in [0.29, 0.717) is 0 Å². The van der Waals surface area contributed by atoms with Crippen molar-refractivity contribution in [1.29, 1.82) is 0 Å². The van der Waals surface area contributed by atoms with Crippen LogP contribution in [0.15, 0.2) is 272 Å². The van der Waals surface area contributed by atoms with Crippen molar-refractivity contribution < 1.29 is 22.9 Å². The first-order valence-corrected chi connectivity index (χ1v) is 25.2. The van der Waals surface area contributed by atoms with Crippen LogP contribution >= 0.6 is 14.5 Å². The molecule has 5 nitrogen and oxygen atoms in total. The molecule has 63 heavy (non-hydrogen) atoms. The molecule has 0 atom stereocenters. The van der Waals surface area contributed by atoms with Gasteiger partial charge in [-0.3, -0.25) is 0 Å². The fourth-order valence-corrected chi connectivity index (χ4v) is 16.8. The van der Waals surface area contributed by atoms with Crippen molar-refractivity contribution in [1.82, 2.24) is 0 Å². The summed E-state index contributed by atoms with van der Waals surface area (Å²) in [6.45, 7) is 0. The summed E-state index contributed by atoms with van der Waals surface area (Å²) in [5, 5.41) is 21.4. The predicted molar refractivity (Wildman–Crippen MR) is 261 cm³/mol. The van der Waals surface area contributed by atoms with Crippen molar-refractivity contribution in [2.24, 2.45) is 0 Å². The number of aromatic carboxylic acids is 1. The Bertz CT molecular complexity index is 2420. The van der Waals surface area contributed by atoms with Gasteiger partial charge in [-0.25, -0.2) is 8.42 Å². The van der Waals surface area contributed by atoms with Gasteiger partial charge >= 0.3 is 0 Å². The summed E-state index contributed by atoms with van der Waals surface area (Å²) in [6.07, 6.45) is 0. The van der Waals surface area contributed by atoms with Crippen molar-refractivity contribution >= 4 is 73.0 Å². The fraction of sp³-hybridized carbons (Fsp3) is 0. The van der Waals surface area contributed by atoms with Crippen molar-refractivity contribution in [3.63, 3.8) is 0 Å². The second-order valence-corrected chi connectivity index (χ2v) is 22.5. The highest BCUT2D eigenvalue weighted by Crippen LogP contribution is 2.55. The minimum absolute atomic E-state index is 0.336. The Morgan fingerprint density at radius 1 is 0.317 bits per heavy atom. The van der Waals surface area contributed by atoms with Crippen LogP contribution in [0.2, 0.25) is 0 Å². The molecule has 0 spiro atoms. The molecule has 0 aliphatic heterocycles. The highest BCUT2D eigenvalue weighted by Gasteiger charge is 2.48. The monoisotopic (exact) mass is 878 g/mol. The van der Waals surface area contributed by atoms with E-state index in [4.69, 9.17) is 0 Å². The van der Waals surface area contributed by atoms with Crippen LogP contribution in [0.25, 0.3) is 0 Å². The van der Waals surface area contributed by atoms with Crippen LogP contribution in [-0.4, -0.2) is 18.9 Å². The Morgan fingerprint density at radius 2 is 0.524 bits per heavy atom. The molecule has 0 radical (unpaired) electrons. The number of benzene rings is 9. The quantitative estimate of drug-likeness (QED) is 0.104. The Balaban J connectivity index is 0.000000150. The van der Waals surface area contributed by atoms with Crippen LogP contribution in [0.4, 0.5) is 0 Å². The first-order chi connectivity index (χ1) is 30.8. The Kier molecular flexibility index (Phi) is 14.7. The summed E-state index contributed by atoms with van der Waals surface area (Å²) in [6, 6.07) is 91.7. The van der Waals surface area contributed by atoms with E-state index in [-0.39, 0.29) is 5.56 Å². The van der Waals surface area contributed by atoms with E-state index in [1.54, 1.807) is 0 Å². The molecule has 0 heterocycles. The van der Waals surface area contributed by atoms with Gasteiger partial charge in [0.25, 0.3) is 0 Å². The highest BCUT2D eigenvalue weighted by atomic mass is 32.2. The van der Waals surface area contributed by atoms with Gasteiger partial charge in [0.15, 0.2) is 0 Å². The van der Waals surface area contributed by atoms with Crippen LogP contribution < -0.4 is 47.5 Å². The second kappa shape index (κ2) is 20.9. The molecule has 0 bridgehead atoms. The molecule has 0 aliphatic rings. The van der Waals surface area contributed by atoms with Crippen LogP contribution in [0.5, 0.6) is 0 Å². The van der Waals surface area contributed by atoms with E-state index >= 15 is 0 Å². The lowest BCUT2D eigenvalue weighted by atomic mass is 10.2. The lowest BCUT2D eigenvalue weighted by Crippen LogP contribution is -2.38. The van der Waals surface area contributed by atoms with E-state index in [1.807, 2.05) is 0 Å². The number of carboxylic acids is 1. The first-order valence-electron chi connectivity index (χ1n) is 20.3. The Morgan fingerprint density at radius 3 is 0.698 bits per heavy atom. The average Bonchev–Trinajstić information content (AvgIpc) is 3.35. The number of carbonyl (C=O) groups excluding carboxylic acids is 1. The van der Waals surface area contributed by atoms with Gasteiger partial charge in [0.05, 0.1) is 10.9 Å². The smallest absolute Gasteiger partial charge is 0.144 e. The maximum atomic E-state index is 10.4. The summed E-state index contributed by atoms with van der Waals surface area (Å²) >= 11 is 0. The highest BCUT2D eigenvalue weighted by molar-refractivity contribution is 8.02. The molecule has 8 heteroatoms. The van der Waals surface area contributed by atoms with Gasteiger partial charge in [0, 0.05) is 0 Å². The summed E-state index contributed by atoms with van der Waals surface area (Å²) in [5.74, 6) is -1.52. The zero-order valence-electron chi connectivity index (χ0n) is 34.2. The molecule has 0 unspecified atom stereocenters. The molecule has 310 valence electrons. The van der Waals surface area contributed by atoms with Crippen molar-refractivity contribution in [3.8, 4) is 0 Å². The molecule has 0 saturated heterocycles. The molecule has 0 amide bonds. The normalized spacial score (nSPS) is 11.2. The molecular formula is C55H44O5P2S. The minimum atomic E-state index is -4.60. The maximum absolute atomic E-state index is 10.4. The van der Waals surface area contributed by atoms with Gasteiger partial charge in [-0.05, 0) is 115 Å². The molecule has 9 rings (SSSR count). The molecule has 9 aromatic rings. The lowest BCUT2D eigenvalue weighted by Gasteiger charge is -2.27. The van der Waals surface area contributed by atoms with E-state index in [2.05, 4.69) is 243 Å². The zero-order valence-corrected chi connectivity index (χ0v) is 36.9. The SMILES string of the molecule is O=C([O-])c1cccc(S(=O)(=O)[O-])c1.c1ccc([P+](c2ccccc2)(c2ccccc2)c2ccccc2)cc1.c1ccc([P+](c2ccccc2)(c2ccccc2)c2ccccc2)cc1. The van der Waals surface area contributed by atoms with Gasteiger partial charge < -0.3 is 14.5 Å². The van der Waals surface area contributed by atoms with E-state index in [9.17, 15) is 22.9 Å². The number of carboxylic acid groups (broad SMARTS) is 1. The molecule has 0 aromatic heterocycles. The summed E-state index contributed by atoms with van der Waals surface area (Å²) in [5.41, 5.74) is -0.336. The third kappa shape index (κ3) is 9.97. The standard InChI is InChI=1S/2C24H20P.C7H6O5S/c2*1-5-13-21(14-6-1)25(22-15-7-2-8-16-22,23-17-9-3-10-18-23)24-19-11-4-12-20-24;8-7(9)5-2-1-3-6(4-5)13(10,11)12/h2*1-20H;1-4H,(H,8,9)(H,10,11,12)/q2*+1;/p-2. The second-order valence-electron chi connectivity index (χ2n) is 14.3. The number of hydrogen-bond acceptors (Lipinski definition) is 5. The zero-order chi connectivity index (χ0) is 44.0. The molecule has 9 aromatic carbocycles. The van der Waals surface area contributed by atoms with E-state index in [1.165, 1.54) is 42.4 Å².